The Hall–Kier alpha value is -2.87. The minimum Gasteiger partial charge on any atom is -0.469 e. The molecule has 0 saturated carbocycles. The van der Waals surface area contributed by atoms with Gasteiger partial charge < -0.3 is 9.32 Å². The van der Waals surface area contributed by atoms with Crippen molar-refractivity contribution >= 4 is 17.7 Å². The molecule has 2 aromatic heterocycles. The van der Waals surface area contributed by atoms with E-state index in [1.807, 2.05) is 30.5 Å². The number of aryl methyl sites for hydroxylation is 1. The molecule has 0 spiro atoms. The number of carbonyl (C=O) groups excluding carboxylic acids is 1. The van der Waals surface area contributed by atoms with Crippen LogP contribution >= 0.6 is 11.8 Å². The highest BCUT2D eigenvalue weighted by Crippen LogP contribution is 2.27. The summed E-state index contributed by atoms with van der Waals surface area (Å²) in [4.78, 5) is 14.4. The van der Waals surface area contributed by atoms with Gasteiger partial charge in [-0.05, 0) is 37.6 Å². The molecule has 0 aliphatic heterocycles. The normalized spacial score (nSPS) is 10.9. The second kappa shape index (κ2) is 9.56. The van der Waals surface area contributed by atoms with Gasteiger partial charge in [0.05, 0.1) is 17.6 Å². The van der Waals surface area contributed by atoms with E-state index in [0.717, 1.165) is 16.9 Å². The molecule has 152 valence electrons. The highest BCUT2D eigenvalue weighted by molar-refractivity contribution is 7.99. The number of rotatable bonds is 9. The molecule has 0 bridgehead atoms. The molecule has 6 nitrogen and oxygen atoms in total. The molecule has 0 fully saturated rings. The molecule has 29 heavy (non-hydrogen) atoms. The smallest absolute Gasteiger partial charge is 0.233 e. The van der Waals surface area contributed by atoms with Gasteiger partial charge in [-0.1, -0.05) is 30.0 Å². The molecule has 1 aromatic carbocycles. The van der Waals surface area contributed by atoms with E-state index >= 15 is 0 Å². The van der Waals surface area contributed by atoms with Gasteiger partial charge >= 0.3 is 0 Å². The van der Waals surface area contributed by atoms with Crippen LogP contribution < -0.4 is 0 Å². The van der Waals surface area contributed by atoms with Gasteiger partial charge in [-0.15, -0.1) is 16.8 Å². The average molecular weight is 415 g/mol. The molecule has 0 aliphatic rings. The summed E-state index contributed by atoms with van der Waals surface area (Å²) >= 11 is 1.32. The van der Waals surface area contributed by atoms with E-state index in [9.17, 15) is 9.18 Å². The number of furan rings is 1. The van der Waals surface area contributed by atoms with Crippen LogP contribution in [-0.4, -0.2) is 37.9 Å². The van der Waals surface area contributed by atoms with Gasteiger partial charge in [-0.25, -0.2) is 4.39 Å². The number of nitrogens with zero attached hydrogens (tertiary/aromatic N) is 4. The van der Waals surface area contributed by atoms with Gasteiger partial charge in [-0.3, -0.25) is 9.36 Å². The van der Waals surface area contributed by atoms with Crippen molar-refractivity contribution in [2.75, 3.05) is 12.3 Å². The van der Waals surface area contributed by atoms with E-state index in [1.165, 1.54) is 23.9 Å². The number of benzene rings is 1. The number of halogens is 1. The summed E-state index contributed by atoms with van der Waals surface area (Å²) in [7, 11) is 0. The van der Waals surface area contributed by atoms with Crippen LogP contribution in [-0.2, 0) is 17.9 Å². The largest absolute Gasteiger partial charge is 0.469 e. The van der Waals surface area contributed by atoms with Crippen molar-refractivity contribution in [3.05, 3.63) is 66.4 Å². The SMILES string of the molecule is C=CCn1c(SCC(=O)N(CC)Cc2cccc(F)c2)nnc1-c1ccoc1C. The van der Waals surface area contributed by atoms with Crippen LogP contribution in [0.2, 0.25) is 0 Å². The van der Waals surface area contributed by atoms with Gasteiger partial charge in [0.1, 0.15) is 11.6 Å². The summed E-state index contributed by atoms with van der Waals surface area (Å²) in [6.45, 7) is 8.99. The maximum Gasteiger partial charge on any atom is 0.233 e. The van der Waals surface area contributed by atoms with Crippen LogP contribution in [0.3, 0.4) is 0 Å². The predicted molar refractivity (Wildman–Crippen MR) is 111 cm³/mol. The van der Waals surface area contributed by atoms with E-state index in [-0.39, 0.29) is 17.5 Å². The lowest BCUT2D eigenvalue weighted by atomic mass is 10.2. The molecular formula is C21H23FN4O2S. The summed E-state index contributed by atoms with van der Waals surface area (Å²) in [6.07, 6.45) is 3.37. The Bertz CT molecular complexity index is 998. The van der Waals surface area contributed by atoms with E-state index in [0.29, 0.717) is 30.6 Å². The van der Waals surface area contributed by atoms with Crippen LogP contribution in [0, 0.1) is 12.7 Å². The Morgan fingerprint density at radius 1 is 1.38 bits per heavy atom. The summed E-state index contributed by atoms with van der Waals surface area (Å²) in [5.41, 5.74) is 1.62. The summed E-state index contributed by atoms with van der Waals surface area (Å²) < 4.78 is 20.7. The topological polar surface area (TPSA) is 64.2 Å². The number of aromatic nitrogens is 3. The maximum absolute atomic E-state index is 13.4. The molecule has 0 atom stereocenters. The molecule has 3 aromatic rings. The fourth-order valence-corrected chi connectivity index (χ4v) is 3.81. The average Bonchev–Trinajstić information content (AvgIpc) is 3.30. The number of thioether (sulfide) groups is 1. The molecule has 2 heterocycles. The number of carbonyl (C=O) groups is 1. The Morgan fingerprint density at radius 2 is 2.21 bits per heavy atom. The minimum atomic E-state index is -0.306. The number of amides is 1. The van der Waals surface area contributed by atoms with Crippen LogP contribution in [0.1, 0.15) is 18.2 Å². The molecular weight excluding hydrogens is 391 g/mol. The molecule has 0 radical (unpaired) electrons. The Labute approximate surface area is 173 Å². The fraction of sp³-hybridized carbons (Fsp3) is 0.286. The molecule has 0 unspecified atom stereocenters. The fourth-order valence-electron chi connectivity index (χ4n) is 2.95. The highest BCUT2D eigenvalue weighted by atomic mass is 32.2. The van der Waals surface area contributed by atoms with Crippen molar-refractivity contribution in [1.29, 1.82) is 0 Å². The quantitative estimate of drug-likeness (QED) is 0.386. The first-order valence-corrected chi connectivity index (χ1v) is 10.3. The molecule has 0 aliphatic carbocycles. The summed E-state index contributed by atoms with van der Waals surface area (Å²) in [5.74, 6) is 1.29. The molecule has 0 N–H and O–H groups in total. The summed E-state index contributed by atoms with van der Waals surface area (Å²) in [5, 5.41) is 9.16. The Kier molecular flexibility index (Phi) is 6.87. The third kappa shape index (κ3) is 4.95. The van der Waals surface area contributed by atoms with Crippen LogP contribution in [0.4, 0.5) is 4.39 Å². The van der Waals surface area contributed by atoms with Gasteiger partial charge in [0, 0.05) is 19.6 Å². The van der Waals surface area contributed by atoms with Gasteiger partial charge in [0.25, 0.3) is 0 Å². The van der Waals surface area contributed by atoms with Crippen molar-refractivity contribution in [3.8, 4) is 11.4 Å². The standard InChI is InChI=1S/C21H23FN4O2S/c1-4-10-26-20(18-9-11-28-15(18)3)23-24-21(26)29-14-19(27)25(5-2)13-16-7-6-8-17(22)12-16/h4,6-9,11-12H,1,5,10,13-14H2,2-3H3. The number of hydrogen-bond acceptors (Lipinski definition) is 5. The zero-order valence-electron chi connectivity index (χ0n) is 16.5. The van der Waals surface area contributed by atoms with E-state index in [4.69, 9.17) is 4.42 Å². The van der Waals surface area contributed by atoms with Gasteiger partial charge in [0.15, 0.2) is 11.0 Å². The van der Waals surface area contributed by atoms with Crippen molar-refractivity contribution in [2.45, 2.75) is 32.1 Å². The van der Waals surface area contributed by atoms with Gasteiger partial charge in [0.2, 0.25) is 5.91 Å². The van der Waals surface area contributed by atoms with Crippen LogP contribution in [0.5, 0.6) is 0 Å². The van der Waals surface area contributed by atoms with Gasteiger partial charge in [-0.2, -0.15) is 0 Å². The third-order valence-electron chi connectivity index (χ3n) is 4.45. The molecule has 1 amide bonds. The lowest BCUT2D eigenvalue weighted by Gasteiger charge is -2.21. The monoisotopic (exact) mass is 414 g/mol. The second-order valence-electron chi connectivity index (χ2n) is 6.42. The zero-order chi connectivity index (χ0) is 20.8. The lowest BCUT2D eigenvalue weighted by molar-refractivity contribution is -0.128. The first-order chi connectivity index (χ1) is 14.0. The lowest BCUT2D eigenvalue weighted by Crippen LogP contribution is -2.31. The van der Waals surface area contributed by atoms with Crippen LogP contribution in [0.15, 0.2) is 58.8 Å². The second-order valence-corrected chi connectivity index (χ2v) is 7.36. The van der Waals surface area contributed by atoms with Crippen molar-refractivity contribution in [3.63, 3.8) is 0 Å². The first kappa shape index (κ1) is 20.9. The number of allylic oxidation sites excluding steroid dienone is 1. The molecule has 3 rings (SSSR count). The zero-order valence-corrected chi connectivity index (χ0v) is 17.3. The van der Waals surface area contributed by atoms with Crippen molar-refractivity contribution in [1.82, 2.24) is 19.7 Å². The van der Waals surface area contributed by atoms with E-state index in [1.54, 1.807) is 23.3 Å². The highest BCUT2D eigenvalue weighted by Gasteiger charge is 2.19. The first-order valence-electron chi connectivity index (χ1n) is 9.27. The van der Waals surface area contributed by atoms with Crippen molar-refractivity contribution < 1.29 is 13.6 Å². The van der Waals surface area contributed by atoms with Crippen molar-refractivity contribution in [2.24, 2.45) is 0 Å². The predicted octanol–water partition coefficient (Wildman–Crippen LogP) is 4.31. The maximum atomic E-state index is 13.4. The van der Waals surface area contributed by atoms with E-state index in [2.05, 4.69) is 16.8 Å². The molecule has 8 heteroatoms. The number of hydrogen-bond donors (Lipinski definition) is 0. The Morgan fingerprint density at radius 3 is 2.86 bits per heavy atom. The third-order valence-corrected chi connectivity index (χ3v) is 5.40. The summed E-state index contributed by atoms with van der Waals surface area (Å²) in [6, 6.07) is 8.14. The Balaban J connectivity index is 1.71. The molecule has 0 saturated heterocycles. The van der Waals surface area contributed by atoms with E-state index < -0.39 is 0 Å². The van der Waals surface area contributed by atoms with Crippen LogP contribution in [0.25, 0.3) is 11.4 Å². The minimum absolute atomic E-state index is 0.0454.